The first-order valence-corrected chi connectivity index (χ1v) is 9.17. The molecule has 0 saturated carbocycles. The highest BCUT2D eigenvalue weighted by Gasteiger charge is 2.21. The molecule has 1 aromatic carbocycles. The summed E-state index contributed by atoms with van der Waals surface area (Å²) in [5, 5.41) is 11.3. The fraction of sp³-hybridized carbons (Fsp3) is 0.333. The minimum absolute atomic E-state index is 0.0414. The Kier molecular flexibility index (Phi) is 4.37. The zero-order chi connectivity index (χ0) is 18.1. The van der Waals surface area contributed by atoms with E-state index in [1.165, 1.54) is 0 Å². The van der Waals surface area contributed by atoms with Crippen molar-refractivity contribution in [3.63, 3.8) is 0 Å². The zero-order valence-electron chi connectivity index (χ0n) is 15.2. The molecule has 0 radical (unpaired) electrons. The molecule has 0 saturated heterocycles. The van der Waals surface area contributed by atoms with Crippen molar-refractivity contribution in [2.45, 2.75) is 39.3 Å². The smallest absolute Gasteiger partial charge is 0.226 e. The van der Waals surface area contributed by atoms with Gasteiger partial charge in [0.05, 0.1) is 17.1 Å². The van der Waals surface area contributed by atoms with Gasteiger partial charge in [-0.3, -0.25) is 9.48 Å². The monoisotopic (exact) mass is 348 g/mol. The van der Waals surface area contributed by atoms with Crippen LogP contribution >= 0.6 is 0 Å². The van der Waals surface area contributed by atoms with Crippen molar-refractivity contribution in [3.05, 3.63) is 54.3 Å². The Morgan fingerprint density at radius 2 is 2.19 bits per heavy atom. The minimum atomic E-state index is 0.0414. The molecular formula is C21H24N4O. The molecule has 1 aliphatic carbocycles. The van der Waals surface area contributed by atoms with E-state index in [0.717, 1.165) is 41.3 Å². The Labute approximate surface area is 153 Å². The summed E-state index contributed by atoms with van der Waals surface area (Å²) in [6, 6.07) is 8.17. The first-order valence-electron chi connectivity index (χ1n) is 9.17. The Morgan fingerprint density at radius 1 is 1.31 bits per heavy atom. The Hall–Kier alpha value is -2.82. The third-order valence-corrected chi connectivity index (χ3v) is 4.95. The second kappa shape index (κ2) is 6.83. The Bertz CT molecular complexity index is 893. The fourth-order valence-electron chi connectivity index (χ4n) is 3.62. The summed E-state index contributed by atoms with van der Waals surface area (Å²) in [7, 11) is 0. The second-order valence-electron chi connectivity index (χ2n) is 7.19. The lowest BCUT2D eigenvalue weighted by Crippen LogP contribution is -2.19. The molecule has 2 aliphatic rings. The fourth-order valence-corrected chi connectivity index (χ4v) is 3.62. The molecule has 0 spiro atoms. The van der Waals surface area contributed by atoms with Gasteiger partial charge in [-0.05, 0) is 32.4 Å². The van der Waals surface area contributed by atoms with Crippen molar-refractivity contribution in [2.75, 3.05) is 10.6 Å². The van der Waals surface area contributed by atoms with Gasteiger partial charge in [-0.15, -0.1) is 0 Å². The van der Waals surface area contributed by atoms with Crippen molar-refractivity contribution >= 4 is 17.3 Å². The number of carbonyl (C=O) groups is 1. The third kappa shape index (κ3) is 3.29. The molecule has 1 aliphatic heterocycles. The number of nitrogens with one attached hydrogen (secondary N) is 2. The van der Waals surface area contributed by atoms with Gasteiger partial charge in [-0.25, -0.2) is 0 Å². The van der Waals surface area contributed by atoms with Gasteiger partial charge in [0.15, 0.2) is 0 Å². The molecule has 1 unspecified atom stereocenters. The molecule has 2 heterocycles. The minimum Gasteiger partial charge on any atom is -0.380 e. The number of carbonyl (C=O) groups excluding carboxylic acids is 1. The molecular weight excluding hydrogens is 324 g/mol. The van der Waals surface area contributed by atoms with Gasteiger partial charge in [0.25, 0.3) is 0 Å². The van der Waals surface area contributed by atoms with Crippen LogP contribution in [0.5, 0.6) is 0 Å². The predicted octanol–water partition coefficient (Wildman–Crippen LogP) is 4.13. The van der Waals surface area contributed by atoms with Crippen molar-refractivity contribution < 1.29 is 4.79 Å². The van der Waals surface area contributed by atoms with Gasteiger partial charge in [0.1, 0.15) is 0 Å². The largest absolute Gasteiger partial charge is 0.380 e. The van der Waals surface area contributed by atoms with Crippen molar-refractivity contribution in [1.29, 1.82) is 0 Å². The number of allylic oxidation sites excluding steroid dienone is 4. The van der Waals surface area contributed by atoms with E-state index in [2.05, 4.69) is 58.7 Å². The number of nitrogens with zero attached hydrogens (tertiary/aromatic N) is 2. The number of para-hydroxylation sites is 1. The number of hydrogen-bond donors (Lipinski definition) is 2. The molecule has 134 valence electrons. The first kappa shape index (κ1) is 16.6. The van der Waals surface area contributed by atoms with E-state index in [1.54, 1.807) is 0 Å². The van der Waals surface area contributed by atoms with E-state index in [-0.39, 0.29) is 11.9 Å². The lowest BCUT2D eigenvalue weighted by Gasteiger charge is -2.16. The number of aromatic nitrogens is 2. The van der Waals surface area contributed by atoms with Gasteiger partial charge < -0.3 is 10.6 Å². The lowest BCUT2D eigenvalue weighted by molar-refractivity contribution is -0.116. The summed E-state index contributed by atoms with van der Waals surface area (Å²) in [6.07, 6.45) is 10.2. The number of rotatable bonds is 3. The molecule has 2 aromatic rings. The number of aryl methyl sites for hydroxylation is 1. The quantitative estimate of drug-likeness (QED) is 0.877. The number of benzene rings is 1. The molecule has 1 amide bonds. The van der Waals surface area contributed by atoms with Gasteiger partial charge in [0, 0.05) is 36.2 Å². The van der Waals surface area contributed by atoms with Crippen LogP contribution in [0.4, 0.5) is 11.4 Å². The van der Waals surface area contributed by atoms with Gasteiger partial charge >= 0.3 is 0 Å². The predicted molar refractivity (Wildman–Crippen MR) is 105 cm³/mol. The standard InChI is InChI=1S/C21H24N4O/c1-14-11-20(26)23-18-10-6-9-17(21(18)22-14)19-12-15(2)25(24-19)13-16-7-4-3-5-8-16/h3-7,9-10,12,14,16,22H,8,11,13H2,1-2H3,(H,23,26)/t14-,16?/m1/s1. The highest BCUT2D eigenvalue weighted by Crippen LogP contribution is 2.36. The lowest BCUT2D eigenvalue weighted by atomic mass is 10.0. The molecule has 4 rings (SSSR count). The van der Waals surface area contributed by atoms with Gasteiger partial charge in [-0.1, -0.05) is 36.4 Å². The van der Waals surface area contributed by atoms with Crippen molar-refractivity contribution in [2.24, 2.45) is 5.92 Å². The average molecular weight is 348 g/mol. The Balaban J connectivity index is 1.67. The van der Waals surface area contributed by atoms with Crippen LogP contribution in [-0.2, 0) is 11.3 Å². The summed E-state index contributed by atoms with van der Waals surface area (Å²) in [4.78, 5) is 12.0. The number of anilines is 2. The number of fused-ring (bicyclic) bond motifs is 1. The van der Waals surface area contributed by atoms with E-state index < -0.39 is 0 Å². The molecule has 26 heavy (non-hydrogen) atoms. The highest BCUT2D eigenvalue weighted by molar-refractivity contribution is 5.99. The van der Waals surface area contributed by atoms with Crippen LogP contribution < -0.4 is 10.6 Å². The summed E-state index contributed by atoms with van der Waals surface area (Å²) < 4.78 is 2.08. The van der Waals surface area contributed by atoms with E-state index in [1.807, 2.05) is 19.1 Å². The van der Waals surface area contributed by atoms with E-state index >= 15 is 0 Å². The van der Waals surface area contributed by atoms with E-state index in [0.29, 0.717) is 12.3 Å². The van der Waals surface area contributed by atoms with Crippen LogP contribution in [0.15, 0.2) is 48.6 Å². The molecule has 1 aromatic heterocycles. The SMILES string of the molecule is Cc1cc(-c2cccc3c2N[C@H](C)CC(=O)N3)nn1CC1C=CC=CC1. The van der Waals surface area contributed by atoms with Crippen molar-refractivity contribution in [3.8, 4) is 11.3 Å². The van der Waals surface area contributed by atoms with Crippen LogP contribution in [0.1, 0.15) is 25.5 Å². The molecule has 2 atom stereocenters. The first-order chi connectivity index (χ1) is 12.6. The van der Waals surface area contributed by atoms with Crippen molar-refractivity contribution in [1.82, 2.24) is 9.78 Å². The normalized spacial score (nSPS) is 21.7. The Morgan fingerprint density at radius 3 is 3.00 bits per heavy atom. The maximum Gasteiger partial charge on any atom is 0.226 e. The summed E-state index contributed by atoms with van der Waals surface area (Å²) >= 11 is 0. The molecule has 2 N–H and O–H groups in total. The third-order valence-electron chi connectivity index (χ3n) is 4.95. The maximum atomic E-state index is 12.0. The zero-order valence-corrected chi connectivity index (χ0v) is 15.2. The average Bonchev–Trinajstić information content (AvgIpc) is 2.89. The number of hydrogen-bond acceptors (Lipinski definition) is 3. The summed E-state index contributed by atoms with van der Waals surface area (Å²) in [6.45, 7) is 5.00. The van der Waals surface area contributed by atoms with E-state index in [9.17, 15) is 4.79 Å². The number of amides is 1. The molecule has 5 heteroatoms. The molecule has 0 fully saturated rings. The highest BCUT2D eigenvalue weighted by atomic mass is 16.1. The van der Waals surface area contributed by atoms with Gasteiger partial charge in [-0.2, -0.15) is 5.10 Å². The van der Waals surface area contributed by atoms with Crippen LogP contribution in [-0.4, -0.2) is 21.7 Å². The van der Waals surface area contributed by atoms with E-state index in [4.69, 9.17) is 5.10 Å². The molecule has 5 nitrogen and oxygen atoms in total. The topological polar surface area (TPSA) is 59.0 Å². The second-order valence-corrected chi connectivity index (χ2v) is 7.19. The van der Waals surface area contributed by atoms with Gasteiger partial charge in [0.2, 0.25) is 5.91 Å². The van der Waals surface area contributed by atoms with Crippen LogP contribution in [0, 0.1) is 12.8 Å². The molecule has 0 bridgehead atoms. The maximum absolute atomic E-state index is 12.0. The van der Waals surface area contributed by atoms with Crippen LogP contribution in [0.3, 0.4) is 0 Å². The summed E-state index contributed by atoms with van der Waals surface area (Å²) in [5.41, 5.74) is 4.88. The van der Waals surface area contributed by atoms with Crippen LogP contribution in [0.25, 0.3) is 11.3 Å². The summed E-state index contributed by atoms with van der Waals surface area (Å²) in [5.74, 6) is 0.525. The van der Waals surface area contributed by atoms with Crippen LogP contribution in [0.2, 0.25) is 0 Å².